The Bertz CT molecular complexity index is 657. The van der Waals surface area contributed by atoms with Crippen LogP contribution in [0.3, 0.4) is 0 Å². The Kier molecular flexibility index (Phi) is 5.76. The van der Waals surface area contributed by atoms with Crippen LogP contribution in [0.2, 0.25) is 0 Å². The molecule has 1 aliphatic carbocycles. The van der Waals surface area contributed by atoms with Gasteiger partial charge in [0.15, 0.2) is 17.5 Å². The number of ether oxygens (including phenoxy) is 5. The van der Waals surface area contributed by atoms with Gasteiger partial charge in [-0.05, 0) is 50.8 Å². The first kappa shape index (κ1) is 20.1. The van der Waals surface area contributed by atoms with E-state index in [1.54, 1.807) is 21.0 Å². The maximum absolute atomic E-state index is 12.4. The predicted molar refractivity (Wildman–Crippen MR) is 96.2 cm³/mol. The highest BCUT2D eigenvalue weighted by Crippen LogP contribution is 2.45. The Morgan fingerprint density at radius 2 is 1.96 bits per heavy atom. The molecular weight excluding hydrogens is 352 g/mol. The zero-order valence-corrected chi connectivity index (χ0v) is 16.3. The molecule has 2 fully saturated rings. The number of esters is 1. The zero-order valence-electron chi connectivity index (χ0n) is 16.3. The lowest BCUT2D eigenvalue weighted by atomic mass is 9.91. The summed E-state index contributed by atoms with van der Waals surface area (Å²) in [5.74, 6) is -0.807. The van der Waals surface area contributed by atoms with Gasteiger partial charge in [-0.3, -0.25) is 0 Å². The lowest BCUT2D eigenvalue weighted by Gasteiger charge is -2.34. The molecule has 0 unspecified atom stereocenters. The van der Waals surface area contributed by atoms with E-state index in [1.807, 2.05) is 24.3 Å². The summed E-state index contributed by atoms with van der Waals surface area (Å²) < 4.78 is 27.8. The quantitative estimate of drug-likeness (QED) is 0.573. The predicted octanol–water partition coefficient (Wildman–Crippen LogP) is 2.19. The third-order valence-corrected chi connectivity index (χ3v) is 5.40. The van der Waals surface area contributed by atoms with E-state index < -0.39 is 35.7 Å². The molecule has 3 rings (SSSR count). The van der Waals surface area contributed by atoms with Gasteiger partial charge in [-0.25, -0.2) is 4.79 Å². The summed E-state index contributed by atoms with van der Waals surface area (Å²) in [6.07, 6.45) is -0.537. The summed E-state index contributed by atoms with van der Waals surface area (Å²) in [6, 6.07) is 7.57. The topological polar surface area (TPSA) is 83.5 Å². The number of carbonyl (C=O) groups is 1. The second-order valence-electron chi connectivity index (χ2n) is 7.50. The van der Waals surface area contributed by atoms with E-state index in [4.69, 9.17) is 23.7 Å². The minimum absolute atomic E-state index is 0.357. The Morgan fingerprint density at radius 3 is 2.59 bits per heavy atom. The van der Waals surface area contributed by atoms with Gasteiger partial charge in [-0.15, -0.1) is 0 Å². The van der Waals surface area contributed by atoms with Crippen LogP contribution in [0.5, 0.6) is 5.75 Å². The minimum Gasteiger partial charge on any atom is -0.497 e. The lowest BCUT2D eigenvalue weighted by Crippen LogP contribution is -2.51. The summed E-state index contributed by atoms with van der Waals surface area (Å²) in [6.45, 7) is 3.73. The molecule has 7 nitrogen and oxygen atoms in total. The Balaban J connectivity index is 1.69. The normalized spacial score (nSPS) is 30.7. The van der Waals surface area contributed by atoms with Crippen molar-refractivity contribution >= 4 is 5.97 Å². The van der Waals surface area contributed by atoms with Crippen molar-refractivity contribution in [2.45, 2.75) is 69.4 Å². The molecule has 1 aliphatic heterocycles. The van der Waals surface area contributed by atoms with Gasteiger partial charge in [-0.1, -0.05) is 12.1 Å². The second kappa shape index (κ2) is 7.75. The molecule has 4 atom stereocenters. The van der Waals surface area contributed by atoms with Crippen molar-refractivity contribution in [2.24, 2.45) is 0 Å². The summed E-state index contributed by atoms with van der Waals surface area (Å²) >= 11 is 0. The van der Waals surface area contributed by atoms with E-state index in [-0.39, 0.29) is 0 Å². The molecule has 150 valence electrons. The third kappa shape index (κ3) is 3.96. The van der Waals surface area contributed by atoms with E-state index in [1.165, 1.54) is 7.11 Å². The summed E-state index contributed by atoms with van der Waals surface area (Å²) in [7, 11) is 3.10. The molecule has 1 aromatic rings. The zero-order chi connectivity index (χ0) is 19.7. The molecule has 2 aliphatic rings. The van der Waals surface area contributed by atoms with Crippen LogP contribution >= 0.6 is 0 Å². The van der Waals surface area contributed by atoms with Crippen LogP contribution in [0.25, 0.3) is 0 Å². The van der Waals surface area contributed by atoms with Crippen LogP contribution in [-0.4, -0.2) is 55.0 Å². The number of carbonyl (C=O) groups excluding carboxylic acids is 1. The van der Waals surface area contributed by atoms with Crippen LogP contribution in [0, 0.1) is 0 Å². The van der Waals surface area contributed by atoms with Crippen LogP contribution in [0.1, 0.15) is 38.7 Å². The first-order chi connectivity index (χ1) is 12.8. The number of aliphatic hydroxyl groups excluding tert-OH is 1. The van der Waals surface area contributed by atoms with Gasteiger partial charge in [-0.2, -0.15) is 0 Å². The molecule has 1 N–H and O–H groups in total. The number of hydrogen-bond acceptors (Lipinski definition) is 7. The average molecular weight is 380 g/mol. The van der Waals surface area contributed by atoms with Crippen LogP contribution in [0.4, 0.5) is 0 Å². The van der Waals surface area contributed by atoms with Crippen molar-refractivity contribution < 1.29 is 33.6 Å². The fraction of sp³-hybridized carbons (Fsp3) is 0.650. The van der Waals surface area contributed by atoms with Gasteiger partial charge in [0, 0.05) is 7.11 Å². The lowest BCUT2D eigenvalue weighted by molar-refractivity contribution is -0.235. The Labute approximate surface area is 159 Å². The SMILES string of the molecule is COc1ccc(CO[C@@H]2CCC[C@]23OC(=O)[C@H](OC(C)(C)OC)[C@@H]3O)cc1. The third-order valence-electron chi connectivity index (χ3n) is 5.40. The summed E-state index contributed by atoms with van der Waals surface area (Å²) in [4.78, 5) is 12.4. The smallest absolute Gasteiger partial charge is 0.339 e. The van der Waals surface area contributed by atoms with Gasteiger partial charge in [0.25, 0.3) is 0 Å². The summed E-state index contributed by atoms with van der Waals surface area (Å²) in [5, 5.41) is 10.9. The van der Waals surface area contributed by atoms with Crippen molar-refractivity contribution in [3.8, 4) is 5.75 Å². The van der Waals surface area contributed by atoms with E-state index in [9.17, 15) is 9.90 Å². The van der Waals surface area contributed by atoms with Crippen molar-refractivity contribution in [1.82, 2.24) is 0 Å². The van der Waals surface area contributed by atoms with Gasteiger partial charge in [0.1, 0.15) is 18.0 Å². The maximum Gasteiger partial charge on any atom is 0.339 e. The molecular formula is C20H28O7. The van der Waals surface area contributed by atoms with Crippen LogP contribution in [-0.2, 0) is 30.3 Å². The first-order valence-corrected chi connectivity index (χ1v) is 9.20. The van der Waals surface area contributed by atoms with Gasteiger partial charge < -0.3 is 28.8 Å². The highest BCUT2D eigenvalue weighted by atomic mass is 16.7. The molecule has 0 bridgehead atoms. The van der Waals surface area contributed by atoms with E-state index in [0.29, 0.717) is 19.4 Å². The molecule has 27 heavy (non-hydrogen) atoms. The fourth-order valence-corrected chi connectivity index (χ4v) is 3.72. The number of hydrogen-bond donors (Lipinski definition) is 1. The highest BCUT2D eigenvalue weighted by Gasteiger charge is 2.63. The van der Waals surface area contributed by atoms with E-state index >= 15 is 0 Å². The van der Waals surface area contributed by atoms with E-state index in [0.717, 1.165) is 17.7 Å². The molecule has 1 aromatic carbocycles. The Morgan fingerprint density at radius 1 is 1.26 bits per heavy atom. The molecule has 7 heteroatoms. The maximum atomic E-state index is 12.4. The monoisotopic (exact) mass is 380 g/mol. The molecule has 0 radical (unpaired) electrons. The highest BCUT2D eigenvalue weighted by molar-refractivity contribution is 5.79. The molecule has 1 heterocycles. The average Bonchev–Trinajstić information content (AvgIpc) is 3.17. The number of rotatable bonds is 7. The molecule has 1 saturated heterocycles. The molecule has 1 spiro atoms. The van der Waals surface area contributed by atoms with Gasteiger partial charge >= 0.3 is 5.97 Å². The second-order valence-corrected chi connectivity index (χ2v) is 7.50. The standard InChI is InChI=1S/C20H28O7/c1-19(2,24-4)26-16-17(21)20(27-18(16)22)11-5-6-15(20)25-12-13-7-9-14(23-3)10-8-13/h7-10,15-17,21H,5-6,11-12H2,1-4H3/t15-,16-,17+,20+/m1/s1. The number of aliphatic hydroxyl groups is 1. The molecule has 0 aromatic heterocycles. The fourth-order valence-electron chi connectivity index (χ4n) is 3.72. The van der Waals surface area contributed by atoms with Gasteiger partial charge in [0.2, 0.25) is 0 Å². The van der Waals surface area contributed by atoms with Crippen molar-refractivity contribution in [3.05, 3.63) is 29.8 Å². The van der Waals surface area contributed by atoms with Crippen LogP contribution < -0.4 is 4.74 Å². The van der Waals surface area contributed by atoms with Crippen LogP contribution in [0.15, 0.2) is 24.3 Å². The number of methoxy groups -OCH3 is 2. The largest absolute Gasteiger partial charge is 0.497 e. The summed E-state index contributed by atoms with van der Waals surface area (Å²) in [5.41, 5.74) is -0.0946. The minimum atomic E-state index is -1.11. The van der Waals surface area contributed by atoms with Crippen molar-refractivity contribution in [1.29, 1.82) is 0 Å². The first-order valence-electron chi connectivity index (χ1n) is 9.20. The Hall–Kier alpha value is -1.67. The van der Waals surface area contributed by atoms with Crippen molar-refractivity contribution in [2.75, 3.05) is 14.2 Å². The van der Waals surface area contributed by atoms with E-state index in [2.05, 4.69) is 0 Å². The van der Waals surface area contributed by atoms with Crippen molar-refractivity contribution in [3.63, 3.8) is 0 Å². The molecule has 0 amide bonds. The molecule has 1 saturated carbocycles. The van der Waals surface area contributed by atoms with Gasteiger partial charge in [0.05, 0.1) is 13.7 Å². The number of benzene rings is 1.